The maximum atomic E-state index is 13.5. The summed E-state index contributed by atoms with van der Waals surface area (Å²) in [7, 11) is 0. The molecule has 0 atom stereocenters. The number of hydrogen-bond acceptors (Lipinski definition) is 3. The number of rotatable bonds is 1. The first-order valence-electron chi connectivity index (χ1n) is 3.94. The second-order valence-corrected chi connectivity index (χ2v) is 4.56. The van der Waals surface area contributed by atoms with Gasteiger partial charge >= 0.3 is 0 Å². The van der Waals surface area contributed by atoms with Crippen molar-refractivity contribution in [2.45, 2.75) is 0 Å². The van der Waals surface area contributed by atoms with Crippen LogP contribution in [-0.2, 0) is 0 Å². The predicted octanol–water partition coefficient (Wildman–Crippen LogP) is 3.43. The van der Waals surface area contributed by atoms with E-state index < -0.39 is 11.6 Å². The molecule has 0 spiro atoms. The number of hydrogen-bond donors (Lipinski definition) is 1. The molecule has 2 N–H and O–H groups in total. The van der Waals surface area contributed by atoms with Gasteiger partial charge in [-0.15, -0.1) is 11.3 Å². The SMILES string of the molecule is Nc1nc(-c2cc(F)c(Br)cc2F)cs1. The molecule has 2 nitrogen and oxygen atoms in total. The lowest BCUT2D eigenvalue weighted by Gasteiger charge is -2.01. The van der Waals surface area contributed by atoms with E-state index in [2.05, 4.69) is 20.9 Å². The van der Waals surface area contributed by atoms with Gasteiger partial charge in [-0.3, -0.25) is 0 Å². The zero-order chi connectivity index (χ0) is 11.0. The summed E-state index contributed by atoms with van der Waals surface area (Å²) in [5, 5.41) is 1.91. The van der Waals surface area contributed by atoms with Crippen molar-refractivity contribution >= 4 is 32.4 Å². The number of anilines is 1. The first-order valence-corrected chi connectivity index (χ1v) is 5.61. The minimum atomic E-state index is -0.534. The molecule has 6 heteroatoms. The predicted molar refractivity (Wildman–Crippen MR) is 59.6 cm³/mol. The molecule has 2 rings (SSSR count). The third kappa shape index (κ3) is 2.00. The molecule has 0 aliphatic heterocycles. The van der Waals surface area contributed by atoms with Crippen LogP contribution in [0.25, 0.3) is 11.3 Å². The lowest BCUT2D eigenvalue weighted by molar-refractivity contribution is 0.597. The smallest absolute Gasteiger partial charge is 0.180 e. The average molecular weight is 291 g/mol. The Labute approximate surface area is 96.9 Å². The van der Waals surface area contributed by atoms with Gasteiger partial charge in [0.15, 0.2) is 5.13 Å². The van der Waals surface area contributed by atoms with Gasteiger partial charge in [-0.2, -0.15) is 0 Å². The van der Waals surface area contributed by atoms with Gasteiger partial charge in [0.1, 0.15) is 11.6 Å². The van der Waals surface area contributed by atoms with Crippen molar-refractivity contribution in [1.29, 1.82) is 0 Å². The molecular formula is C9H5BrF2N2S. The van der Waals surface area contributed by atoms with E-state index in [0.717, 1.165) is 12.1 Å². The topological polar surface area (TPSA) is 38.9 Å². The van der Waals surface area contributed by atoms with E-state index >= 15 is 0 Å². The molecule has 2 aromatic rings. The number of nitrogen functional groups attached to an aromatic ring is 1. The van der Waals surface area contributed by atoms with E-state index in [4.69, 9.17) is 5.73 Å². The van der Waals surface area contributed by atoms with Crippen LogP contribution in [0.5, 0.6) is 0 Å². The van der Waals surface area contributed by atoms with E-state index in [1.165, 1.54) is 11.3 Å². The van der Waals surface area contributed by atoms with E-state index in [1.807, 2.05) is 0 Å². The fourth-order valence-corrected chi connectivity index (χ4v) is 2.01. The second kappa shape index (κ2) is 3.86. The van der Waals surface area contributed by atoms with E-state index in [-0.39, 0.29) is 10.0 Å². The molecule has 0 unspecified atom stereocenters. The van der Waals surface area contributed by atoms with Crippen molar-refractivity contribution in [3.05, 3.63) is 33.6 Å². The van der Waals surface area contributed by atoms with Crippen LogP contribution in [0.3, 0.4) is 0 Å². The minimum absolute atomic E-state index is 0.0898. The second-order valence-electron chi connectivity index (χ2n) is 2.82. The fourth-order valence-electron chi connectivity index (χ4n) is 1.13. The summed E-state index contributed by atoms with van der Waals surface area (Å²) in [6.07, 6.45) is 0. The monoisotopic (exact) mass is 290 g/mol. The summed E-state index contributed by atoms with van der Waals surface area (Å²) >= 11 is 4.08. The van der Waals surface area contributed by atoms with Gasteiger partial charge in [-0.05, 0) is 28.1 Å². The Kier molecular flexibility index (Phi) is 2.70. The van der Waals surface area contributed by atoms with Gasteiger partial charge in [0.25, 0.3) is 0 Å². The highest BCUT2D eigenvalue weighted by Gasteiger charge is 2.12. The first kappa shape index (κ1) is 10.5. The number of halogens is 3. The van der Waals surface area contributed by atoms with E-state index in [9.17, 15) is 8.78 Å². The molecule has 0 aliphatic rings. The summed E-state index contributed by atoms with van der Waals surface area (Å²) in [5.74, 6) is -1.06. The Balaban J connectivity index is 2.58. The van der Waals surface area contributed by atoms with Crippen molar-refractivity contribution in [1.82, 2.24) is 4.98 Å². The van der Waals surface area contributed by atoms with Crippen LogP contribution in [0.15, 0.2) is 22.0 Å². The Morgan fingerprint density at radius 2 is 2.00 bits per heavy atom. The van der Waals surface area contributed by atoms with Gasteiger partial charge in [-0.1, -0.05) is 0 Å². The number of benzene rings is 1. The summed E-state index contributed by atoms with van der Waals surface area (Å²) in [6, 6.07) is 2.16. The lowest BCUT2D eigenvalue weighted by Crippen LogP contribution is -1.89. The van der Waals surface area contributed by atoms with Gasteiger partial charge < -0.3 is 5.73 Å². The molecule has 1 aromatic carbocycles. The number of aromatic nitrogens is 1. The molecule has 1 aromatic heterocycles. The molecule has 0 amide bonds. The fraction of sp³-hybridized carbons (Fsp3) is 0. The molecular weight excluding hydrogens is 286 g/mol. The Bertz CT molecular complexity index is 513. The first-order chi connectivity index (χ1) is 7.08. The summed E-state index contributed by atoms with van der Waals surface area (Å²) in [5.41, 5.74) is 5.88. The van der Waals surface area contributed by atoms with Crippen molar-refractivity contribution in [2.75, 3.05) is 5.73 Å². The summed E-state index contributed by atoms with van der Waals surface area (Å²) < 4.78 is 26.7. The molecule has 0 saturated carbocycles. The van der Waals surface area contributed by atoms with Crippen molar-refractivity contribution in [3.63, 3.8) is 0 Å². The third-order valence-corrected chi connectivity index (χ3v) is 3.09. The zero-order valence-corrected chi connectivity index (χ0v) is 9.70. The Morgan fingerprint density at radius 1 is 1.27 bits per heavy atom. The zero-order valence-electron chi connectivity index (χ0n) is 7.30. The summed E-state index contributed by atoms with van der Waals surface area (Å²) in [4.78, 5) is 3.89. The molecule has 15 heavy (non-hydrogen) atoms. The van der Waals surface area contributed by atoms with Crippen LogP contribution in [0.4, 0.5) is 13.9 Å². The number of thiazole rings is 1. The highest BCUT2D eigenvalue weighted by Crippen LogP contribution is 2.29. The third-order valence-electron chi connectivity index (χ3n) is 1.81. The van der Waals surface area contributed by atoms with E-state index in [0.29, 0.717) is 10.8 Å². The van der Waals surface area contributed by atoms with E-state index in [1.54, 1.807) is 5.38 Å². The van der Waals surface area contributed by atoms with Gasteiger partial charge in [-0.25, -0.2) is 13.8 Å². The molecule has 0 aliphatic carbocycles. The van der Waals surface area contributed by atoms with Crippen molar-refractivity contribution in [2.24, 2.45) is 0 Å². The maximum Gasteiger partial charge on any atom is 0.180 e. The molecule has 0 fully saturated rings. The average Bonchev–Trinajstić information content (AvgIpc) is 2.58. The summed E-state index contributed by atoms with van der Waals surface area (Å²) in [6.45, 7) is 0. The van der Waals surface area contributed by atoms with Crippen LogP contribution in [0.2, 0.25) is 0 Å². The maximum absolute atomic E-state index is 13.5. The molecule has 0 radical (unpaired) electrons. The molecule has 78 valence electrons. The van der Waals surface area contributed by atoms with Crippen molar-refractivity contribution in [3.8, 4) is 11.3 Å². The largest absolute Gasteiger partial charge is 0.375 e. The van der Waals surface area contributed by atoms with Crippen LogP contribution in [0, 0.1) is 11.6 Å². The minimum Gasteiger partial charge on any atom is -0.375 e. The van der Waals surface area contributed by atoms with Crippen molar-refractivity contribution < 1.29 is 8.78 Å². The molecule has 0 bridgehead atoms. The van der Waals surface area contributed by atoms with Crippen LogP contribution >= 0.6 is 27.3 Å². The van der Waals surface area contributed by atoms with Crippen LogP contribution < -0.4 is 5.73 Å². The Morgan fingerprint density at radius 3 is 2.60 bits per heavy atom. The quantitative estimate of drug-likeness (QED) is 0.817. The normalized spacial score (nSPS) is 10.6. The van der Waals surface area contributed by atoms with Gasteiger partial charge in [0.05, 0.1) is 10.2 Å². The lowest BCUT2D eigenvalue weighted by atomic mass is 10.1. The van der Waals surface area contributed by atoms with Gasteiger partial charge in [0, 0.05) is 10.9 Å². The van der Waals surface area contributed by atoms with Crippen LogP contribution in [-0.4, -0.2) is 4.98 Å². The number of nitrogens with zero attached hydrogens (tertiary/aromatic N) is 1. The molecule has 1 heterocycles. The Hall–Kier alpha value is -1.01. The standard InChI is InChI=1S/C9H5BrF2N2S/c10-5-2-6(11)4(1-7(5)12)8-3-15-9(13)14-8/h1-3H,(H2,13,14). The van der Waals surface area contributed by atoms with Gasteiger partial charge in [0.2, 0.25) is 0 Å². The number of nitrogens with two attached hydrogens (primary N) is 1. The highest BCUT2D eigenvalue weighted by molar-refractivity contribution is 9.10. The van der Waals surface area contributed by atoms with Crippen LogP contribution in [0.1, 0.15) is 0 Å². The molecule has 0 saturated heterocycles. The highest BCUT2D eigenvalue weighted by atomic mass is 79.9.